The average molecular weight is 424 g/mol. The molecule has 1 aliphatic carbocycles. The van der Waals surface area contributed by atoms with Gasteiger partial charge in [-0.1, -0.05) is 11.6 Å². The molecule has 1 amide bonds. The summed E-state index contributed by atoms with van der Waals surface area (Å²) in [5.41, 5.74) is 4.95. The van der Waals surface area contributed by atoms with E-state index in [1.807, 2.05) is 0 Å². The average Bonchev–Trinajstić information content (AvgIpc) is 3.30. The smallest absolute Gasteiger partial charge is 0.368 e. The van der Waals surface area contributed by atoms with E-state index >= 15 is 0 Å². The Labute approximate surface area is 161 Å². The van der Waals surface area contributed by atoms with E-state index in [2.05, 4.69) is 15.6 Å². The maximum Gasteiger partial charge on any atom is 0.417 e. The highest BCUT2D eigenvalue weighted by molar-refractivity contribution is 6.32. The largest absolute Gasteiger partial charge is 0.417 e. The quantitative estimate of drug-likeness (QED) is 0.629. The van der Waals surface area contributed by atoms with Gasteiger partial charge in [0.05, 0.1) is 10.6 Å². The Morgan fingerprint density at radius 3 is 2.56 bits per heavy atom. The lowest BCUT2D eigenvalue weighted by molar-refractivity contribution is -0.137. The molecule has 144 valence electrons. The van der Waals surface area contributed by atoms with E-state index in [1.54, 1.807) is 0 Å². The molecule has 1 atom stereocenters. The van der Waals surface area contributed by atoms with Gasteiger partial charge in [0.25, 0.3) is 0 Å². The maximum atomic E-state index is 12.5. The first-order valence-electron chi connectivity index (χ1n) is 7.26. The molecule has 0 aliphatic heterocycles. The van der Waals surface area contributed by atoms with Crippen LogP contribution in [0.5, 0.6) is 0 Å². The fourth-order valence-corrected chi connectivity index (χ4v) is 2.26. The molecule has 0 spiro atoms. The Hall–Kier alpha value is -0.960. The molecule has 0 bridgehead atoms. The number of rotatable bonds is 7. The molecule has 4 N–H and O–H groups in total. The predicted molar refractivity (Wildman–Crippen MR) is 95.6 cm³/mol. The van der Waals surface area contributed by atoms with Crippen LogP contribution in [0.4, 0.5) is 19.0 Å². The van der Waals surface area contributed by atoms with Crippen molar-refractivity contribution in [3.63, 3.8) is 0 Å². The molecular formula is C14H20Cl3F3N4O. The van der Waals surface area contributed by atoms with Crippen LogP contribution in [-0.2, 0) is 11.0 Å². The van der Waals surface area contributed by atoms with Crippen molar-refractivity contribution in [3.05, 3.63) is 22.8 Å². The second-order valence-electron chi connectivity index (χ2n) is 5.53. The molecule has 1 unspecified atom stereocenters. The number of nitrogens with two attached hydrogens (primary N) is 1. The van der Waals surface area contributed by atoms with Gasteiger partial charge in [-0.15, -0.1) is 24.8 Å². The lowest BCUT2D eigenvalue weighted by Crippen LogP contribution is -2.39. The number of nitrogens with zero attached hydrogens (tertiary/aromatic N) is 1. The summed E-state index contributed by atoms with van der Waals surface area (Å²) < 4.78 is 37.5. The third-order valence-electron chi connectivity index (χ3n) is 3.58. The third kappa shape index (κ3) is 7.85. The van der Waals surface area contributed by atoms with Gasteiger partial charge < -0.3 is 16.4 Å². The zero-order chi connectivity index (χ0) is 17.0. The summed E-state index contributed by atoms with van der Waals surface area (Å²) in [4.78, 5) is 15.3. The molecule has 1 saturated carbocycles. The van der Waals surface area contributed by atoms with Crippen LogP contribution < -0.4 is 16.4 Å². The Kier molecular flexibility index (Phi) is 9.86. The van der Waals surface area contributed by atoms with Crippen LogP contribution in [0.15, 0.2) is 12.3 Å². The molecule has 2 rings (SSSR count). The fourth-order valence-electron chi connectivity index (χ4n) is 2.03. The van der Waals surface area contributed by atoms with Gasteiger partial charge in [0.15, 0.2) is 0 Å². The minimum atomic E-state index is -4.49. The Morgan fingerprint density at radius 2 is 2.04 bits per heavy atom. The van der Waals surface area contributed by atoms with Crippen molar-refractivity contribution in [2.75, 3.05) is 18.4 Å². The third-order valence-corrected chi connectivity index (χ3v) is 3.86. The summed E-state index contributed by atoms with van der Waals surface area (Å²) in [6.45, 7) is 0.644. The number of hydrogen-bond donors (Lipinski definition) is 3. The molecule has 1 aliphatic rings. The van der Waals surface area contributed by atoms with Gasteiger partial charge in [-0.3, -0.25) is 4.79 Å². The summed E-state index contributed by atoms with van der Waals surface area (Å²) >= 11 is 5.75. The van der Waals surface area contributed by atoms with Gasteiger partial charge in [0.1, 0.15) is 5.82 Å². The van der Waals surface area contributed by atoms with Crippen molar-refractivity contribution in [2.45, 2.75) is 31.5 Å². The highest BCUT2D eigenvalue weighted by atomic mass is 35.5. The van der Waals surface area contributed by atoms with E-state index < -0.39 is 11.7 Å². The highest BCUT2D eigenvalue weighted by Crippen LogP contribution is 2.32. The number of anilines is 1. The van der Waals surface area contributed by atoms with Crippen molar-refractivity contribution in [1.82, 2.24) is 10.3 Å². The molecule has 11 heteroatoms. The van der Waals surface area contributed by atoms with Crippen LogP contribution in [0.25, 0.3) is 0 Å². The number of hydrogen-bond acceptors (Lipinski definition) is 4. The summed E-state index contributed by atoms with van der Waals surface area (Å²) in [6, 6.07) is 0.781. The van der Waals surface area contributed by atoms with E-state index in [4.69, 9.17) is 17.3 Å². The van der Waals surface area contributed by atoms with E-state index in [-0.39, 0.29) is 60.6 Å². The summed E-state index contributed by atoms with van der Waals surface area (Å²) in [7, 11) is 0. The van der Waals surface area contributed by atoms with Crippen LogP contribution >= 0.6 is 36.4 Å². The first kappa shape index (κ1) is 24.0. The summed E-state index contributed by atoms with van der Waals surface area (Å²) in [6.07, 6.45) is -1.43. The van der Waals surface area contributed by atoms with E-state index in [9.17, 15) is 18.0 Å². The molecule has 0 radical (unpaired) electrons. The minimum absolute atomic E-state index is 0. The van der Waals surface area contributed by atoms with Gasteiger partial charge in [-0.25, -0.2) is 4.98 Å². The molecule has 1 heterocycles. The minimum Gasteiger partial charge on any atom is -0.368 e. The van der Waals surface area contributed by atoms with Crippen LogP contribution in [-0.4, -0.2) is 30.0 Å². The first-order valence-corrected chi connectivity index (χ1v) is 7.64. The topological polar surface area (TPSA) is 80.0 Å². The molecule has 0 aromatic carbocycles. The lowest BCUT2D eigenvalue weighted by atomic mass is 10.2. The lowest BCUT2D eigenvalue weighted by Gasteiger charge is -2.12. The predicted octanol–water partition coefficient (Wildman–Crippen LogP) is 3.25. The molecule has 0 saturated heterocycles. The van der Waals surface area contributed by atoms with Crippen LogP contribution in [0.2, 0.25) is 5.02 Å². The van der Waals surface area contributed by atoms with E-state index in [0.717, 1.165) is 18.9 Å². The van der Waals surface area contributed by atoms with E-state index in [1.165, 1.54) is 0 Å². The molecule has 5 nitrogen and oxygen atoms in total. The zero-order valence-corrected chi connectivity index (χ0v) is 15.5. The number of carbonyl (C=O) groups is 1. The van der Waals surface area contributed by atoms with Crippen LogP contribution in [0, 0.1) is 5.92 Å². The molecule has 1 aromatic rings. The zero-order valence-electron chi connectivity index (χ0n) is 13.1. The number of alkyl halides is 3. The molecular weight excluding hydrogens is 404 g/mol. The first-order chi connectivity index (χ1) is 10.8. The van der Waals surface area contributed by atoms with Crippen molar-refractivity contribution in [3.8, 4) is 0 Å². The second kappa shape index (κ2) is 10.3. The standard InChI is InChI=1S/C14H18ClF3N4O.2ClH/c15-10-5-9(14(16,17)18)6-22-13(10)20-4-3-12(23)21-7-11(19)8-1-2-8;;/h5-6,8,11H,1-4,7,19H2,(H,20,22)(H,21,23);2*1H. The SMILES string of the molecule is Cl.Cl.NC(CNC(=O)CCNc1ncc(C(F)(F)F)cc1Cl)C1CC1. The molecule has 1 aromatic heterocycles. The van der Waals surface area contributed by atoms with Crippen molar-refractivity contribution < 1.29 is 18.0 Å². The highest BCUT2D eigenvalue weighted by Gasteiger charge is 2.31. The van der Waals surface area contributed by atoms with Crippen molar-refractivity contribution in [1.29, 1.82) is 0 Å². The number of nitrogens with one attached hydrogen (secondary N) is 2. The van der Waals surface area contributed by atoms with Crippen molar-refractivity contribution in [2.24, 2.45) is 11.7 Å². The van der Waals surface area contributed by atoms with E-state index in [0.29, 0.717) is 18.7 Å². The molecule has 1 fully saturated rings. The van der Waals surface area contributed by atoms with Gasteiger partial charge >= 0.3 is 6.18 Å². The number of aromatic nitrogens is 1. The molecule has 25 heavy (non-hydrogen) atoms. The number of halogens is 6. The van der Waals surface area contributed by atoms with Crippen LogP contribution in [0.3, 0.4) is 0 Å². The van der Waals surface area contributed by atoms with Gasteiger partial charge in [0.2, 0.25) is 5.91 Å². The normalized spacial score (nSPS) is 14.8. The Bertz CT molecular complexity index is 571. The van der Waals surface area contributed by atoms with Gasteiger partial charge in [-0.2, -0.15) is 13.2 Å². The Balaban J connectivity index is 0.00000288. The number of amides is 1. The number of pyridine rings is 1. The van der Waals surface area contributed by atoms with Gasteiger partial charge in [-0.05, 0) is 24.8 Å². The maximum absolute atomic E-state index is 12.5. The summed E-state index contributed by atoms with van der Waals surface area (Å²) in [5, 5.41) is 5.33. The van der Waals surface area contributed by atoms with Crippen LogP contribution in [0.1, 0.15) is 24.8 Å². The Morgan fingerprint density at radius 1 is 1.40 bits per heavy atom. The fraction of sp³-hybridized carbons (Fsp3) is 0.571. The second-order valence-corrected chi connectivity index (χ2v) is 5.94. The van der Waals surface area contributed by atoms with Crippen molar-refractivity contribution >= 4 is 48.1 Å². The monoisotopic (exact) mass is 422 g/mol. The summed E-state index contributed by atoms with van der Waals surface area (Å²) in [5.74, 6) is 0.433. The number of carbonyl (C=O) groups excluding carboxylic acids is 1. The van der Waals surface area contributed by atoms with Gasteiger partial charge in [0, 0.05) is 31.7 Å².